The predicted molar refractivity (Wildman–Crippen MR) is 183 cm³/mol. The van der Waals surface area contributed by atoms with Crippen molar-refractivity contribution in [3.63, 3.8) is 0 Å². The molecule has 5 rings (SSSR count). The number of nitrogens with one attached hydrogen (secondary N) is 2. The zero-order valence-corrected chi connectivity index (χ0v) is 27.0. The van der Waals surface area contributed by atoms with Gasteiger partial charge in [0.1, 0.15) is 17.1 Å². The lowest BCUT2D eigenvalue weighted by Crippen LogP contribution is -2.66. The summed E-state index contributed by atoms with van der Waals surface area (Å²) >= 11 is 1.56. The van der Waals surface area contributed by atoms with Crippen LogP contribution in [0.15, 0.2) is 106 Å². The number of rotatable bonds is 14. The topological polar surface area (TPSA) is 135 Å². The maximum absolute atomic E-state index is 15.2. The number of para-hydroxylation sites is 1. The fourth-order valence-corrected chi connectivity index (χ4v) is 6.78. The number of amides is 2. The van der Waals surface area contributed by atoms with E-state index in [1.807, 2.05) is 49.6 Å². The molecule has 0 spiro atoms. The molecule has 2 amide bonds. The lowest BCUT2D eigenvalue weighted by molar-refractivity contribution is -0.130. The summed E-state index contributed by atoms with van der Waals surface area (Å²) in [7, 11) is 0. The third-order valence-corrected chi connectivity index (χ3v) is 9.49. The first-order chi connectivity index (χ1) is 22.2. The Morgan fingerprint density at radius 2 is 1.61 bits per heavy atom. The predicted octanol–water partition coefficient (Wildman–Crippen LogP) is 6.58. The lowest BCUT2D eigenvalue weighted by atomic mass is 9.69. The number of carbonyl (C=O) groups is 2. The van der Waals surface area contributed by atoms with Gasteiger partial charge in [0.2, 0.25) is 0 Å². The second-order valence-corrected chi connectivity index (χ2v) is 12.9. The van der Waals surface area contributed by atoms with Crippen LogP contribution in [0.3, 0.4) is 0 Å². The first-order valence-electron chi connectivity index (χ1n) is 15.7. The first kappa shape index (κ1) is 33.0. The van der Waals surface area contributed by atoms with Crippen molar-refractivity contribution in [3.8, 4) is 5.75 Å². The number of thioether (sulfide) groups is 1. The van der Waals surface area contributed by atoms with Crippen LogP contribution in [0, 0.1) is 5.92 Å². The van der Waals surface area contributed by atoms with Crippen LogP contribution in [0.4, 0.5) is 10.5 Å². The summed E-state index contributed by atoms with van der Waals surface area (Å²) in [6.07, 6.45) is 4.98. The Kier molecular flexibility index (Phi) is 10.3. The summed E-state index contributed by atoms with van der Waals surface area (Å²) in [5.74, 6) is -0.484. The highest BCUT2D eigenvalue weighted by atomic mass is 32.2. The quantitative estimate of drug-likeness (QED) is 0.122. The Morgan fingerprint density at radius 3 is 2.17 bits per heavy atom. The van der Waals surface area contributed by atoms with Gasteiger partial charge >= 0.3 is 11.7 Å². The van der Waals surface area contributed by atoms with Gasteiger partial charge in [-0.1, -0.05) is 85.8 Å². The second kappa shape index (κ2) is 14.4. The van der Waals surface area contributed by atoms with E-state index in [1.165, 1.54) is 6.07 Å². The van der Waals surface area contributed by atoms with Crippen molar-refractivity contribution in [1.82, 2.24) is 5.32 Å². The average molecular weight is 640 g/mol. The van der Waals surface area contributed by atoms with Crippen LogP contribution in [-0.4, -0.2) is 34.5 Å². The minimum absolute atomic E-state index is 0.141. The highest BCUT2D eigenvalue weighted by molar-refractivity contribution is 7.98. The molecule has 0 bridgehead atoms. The first-order valence-corrected chi connectivity index (χ1v) is 17.1. The summed E-state index contributed by atoms with van der Waals surface area (Å²) in [4.78, 5) is 43.3. The van der Waals surface area contributed by atoms with Gasteiger partial charge in [-0.25, -0.2) is 9.59 Å². The van der Waals surface area contributed by atoms with Crippen LogP contribution in [0.2, 0.25) is 0 Å². The molecule has 1 fully saturated rings. The van der Waals surface area contributed by atoms with Gasteiger partial charge in [-0.05, 0) is 73.3 Å². The molecule has 240 valence electrons. The molecule has 8 nitrogen and oxygen atoms in total. The van der Waals surface area contributed by atoms with Crippen molar-refractivity contribution in [3.05, 3.63) is 130 Å². The Morgan fingerprint density at radius 1 is 1.00 bits per heavy atom. The molecule has 46 heavy (non-hydrogen) atoms. The van der Waals surface area contributed by atoms with Gasteiger partial charge < -0.3 is 25.9 Å². The van der Waals surface area contributed by atoms with E-state index in [-0.39, 0.29) is 23.0 Å². The van der Waals surface area contributed by atoms with Crippen LogP contribution in [-0.2, 0) is 16.8 Å². The Hall–Kier alpha value is -4.34. The van der Waals surface area contributed by atoms with Gasteiger partial charge in [0.05, 0.1) is 5.54 Å². The number of anilines is 1. The highest BCUT2D eigenvalue weighted by Crippen LogP contribution is 2.47. The summed E-state index contributed by atoms with van der Waals surface area (Å²) in [5.41, 5.74) is 4.04. The maximum Gasteiger partial charge on any atom is 0.346 e. The standard InChI is InChI=1S/C37H41N3O5S/c1-3-26(23-25-13-7-4-8-14-25)31-24-30(41)32(33(42)45-31)37(28-15-9-5-10-16-28,40-35(44)39-29-17-11-6-12-18-29)34(43)36(38,21-22-46-2)27-19-20-27/h4-18,24,26-27,41H,3,19-23,38H2,1-2H3,(H2,39,40,44)/t26?,36-,37?/m1/s1. The van der Waals surface area contributed by atoms with Crippen molar-refractivity contribution in [2.24, 2.45) is 11.7 Å². The molecule has 0 radical (unpaired) electrons. The van der Waals surface area contributed by atoms with E-state index in [9.17, 15) is 14.7 Å². The third kappa shape index (κ3) is 6.90. The lowest BCUT2D eigenvalue weighted by Gasteiger charge is -2.41. The zero-order chi connectivity index (χ0) is 32.7. The monoisotopic (exact) mass is 639 g/mol. The molecule has 1 aliphatic carbocycles. The van der Waals surface area contributed by atoms with E-state index >= 15 is 4.79 Å². The van der Waals surface area contributed by atoms with Crippen molar-refractivity contribution in [1.29, 1.82) is 0 Å². The van der Waals surface area contributed by atoms with Gasteiger partial charge in [0.15, 0.2) is 11.3 Å². The largest absolute Gasteiger partial charge is 0.507 e. The summed E-state index contributed by atoms with van der Waals surface area (Å²) in [5, 5.41) is 17.4. The minimum atomic E-state index is -2.17. The van der Waals surface area contributed by atoms with Crippen LogP contribution in [0.1, 0.15) is 61.0 Å². The van der Waals surface area contributed by atoms with E-state index in [2.05, 4.69) is 10.6 Å². The molecule has 2 unspecified atom stereocenters. The second-order valence-electron chi connectivity index (χ2n) is 11.9. The van der Waals surface area contributed by atoms with Crippen molar-refractivity contribution >= 4 is 29.3 Å². The Labute approximate surface area is 273 Å². The van der Waals surface area contributed by atoms with E-state index in [1.54, 1.807) is 66.4 Å². The number of aromatic hydroxyl groups is 1. The fraction of sp³-hybridized carbons (Fsp3) is 0.324. The van der Waals surface area contributed by atoms with Gasteiger partial charge in [0, 0.05) is 17.7 Å². The zero-order valence-electron chi connectivity index (χ0n) is 26.2. The van der Waals surface area contributed by atoms with Gasteiger partial charge in [-0.15, -0.1) is 0 Å². The molecule has 5 N–H and O–H groups in total. The van der Waals surface area contributed by atoms with Gasteiger partial charge in [-0.3, -0.25) is 4.79 Å². The van der Waals surface area contributed by atoms with Crippen LogP contribution in [0.25, 0.3) is 0 Å². The molecule has 1 heterocycles. The van der Waals surface area contributed by atoms with E-state index in [0.29, 0.717) is 36.5 Å². The molecular weight excluding hydrogens is 598 g/mol. The van der Waals surface area contributed by atoms with Crippen LogP contribution < -0.4 is 22.0 Å². The molecule has 3 aromatic carbocycles. The normalized spacial score (nSPS) is 16.1. The molecule has 3 atom stereocenters. The number of carbonyl (C=O) groups excluding carboxylic acids is 2. The van der Waals surface area contributed by atoms with Crippen molar-refractivity contribution < 1.29 is 19.1 Å². The third-order valence-electron chi connectivity index (χ3n) is 8.87. The molecule has 1 saturated carbocycles. The number of benzene rings is 3. The van der Waals surface area contributed by atoms with Gasteiger partial charge in [0.25, 0.3) is 0 Å². The van der Waals surface area contributed by atoms with Gasteiger partial charge in [-0.2, -0.15) is 11.8 Å². The summed E-state index contributed by atoms with van der Waals surface area (Å²) < 4.78 is 5.98. The number of nitrogens with two attached hydrogens (primary N) is 1. The van der Waals surface area contributed by atoms with Crippen LogP contribution >= 0.6 is 11.8 Å². The Bertz CT molecular complexity index is 1690. The molecule has 1 aliphatic rings. The number of Topliss-reactive ketones (excluding diaryl/α,β-unsaturated/α-hetero) is 1. The number of hydrogen-bond acceptors (Lipinski definition) is 7. The molecule has 4 aromatic rings. The van der Waals surface area contributed by atoms with Crippen LogP contribution in [0.5, 0.6) is 5.75 Å². The highest BCUT2D eigenvalue weighted by Gasteiger charge is 2.59. The van der Waals surface area contributed by atoms with Crippen molar-refractivity contribution in [2.45, 2.75) is 56.0 Å². The number of hydrogen-bond donors (Lipinski definition) is 4. The SMILES string of the molecule is CCC(Cc1ccccc1)c1cc(O)c(C(NC(=O)Nc2ccccc2)(C(=O)[C@@](N)(CCSC)C2CC2)c2ccccc2)c(=O)o1. The molecule has 9 heteroatoms. The molecule has 1 aromatic heterocycles. The summed E-state index contributed by atoms with van der Waals surface area (Å²) in [6.45, 7) is 1.98. The van der Waals surface area contributed by atoms with E-state index in [4.69, 9.17) is 10.2 Å². The minimum Gasteiger partial charge on any atom is -0.507 e. The Balaban J connectivity index is 1.70. The smallest absolute Gasteiger partial charge is 0.346 e. The maximum atomic E-state index is 15.2. The van der Waals surface area contributed by atoms with E-state index in [0.717, 1.165) is 18.4 Å². The van der Waals surface area contributed by atoms with E-state index < -0.39 is 34.3 Å². The molecular formula is C37H41N3O5S. The number of ketones is 1. The molecule has 0 saturated heterocycles. The number of urea groups is 1. The summed E-state index contributed by atoms with van der Waals surface area (Å²) in [6, 6.07) is 27.8. The average Bonchev–Trinajstić information content (AvgIpc) is 3.93. The van der Waals surface area contributed by atoms with Crippen molar-refractivity contribution in [2.75, 3.05) is 17.3 Å². The molecule has 0 aliphatic heterocycles. The fourth-order valence-electron chi connectivity index (χ4n) is 6.23.